The molecule has 0 bridgehead atoms. The highest BCUT2D eigenvalue weighted by molar-refractivity contribution is 7.08. The molecule has 1 aromatic carbocycles. The zero-order valence-electron chi connectivity index (χ0n) is 13.7. The highest BCUT2D eigenvalue weighted by Crippen LogP contribution is 2.07. The molecule has 0 aliphatic rings. The largest absolute Gasteiger partial charge is 0.383 e. The predicted molar refractivity (Wildman–Crippen MR) is 95.0 cm³/mol. The maximum Gasteiger partial charge on any atom is 0.252 e. The average Bonchev–Trinajstić information content (AvgIpc) is 3.14. The van der Waals surface area contributed by atoms with E-state index in [1.165, 1.54) is 11.3 Å². The van der Waals surface area contributed by atoms with Crippen molar-refractivity contribution in [3.8, 4) is 0 Å². The fourth-order valence-corrected chi connectivity index (χ4v) is 2.87. The Kier molecular flexibility index (Phi) is 7.45. The van der Waals surface area contributed by atoms with Crippen LogP contribution < -0.4 is 5.32 Å². The number of benzene rings is 1. The van der Waals surface area contributed by atoms with Crippen LogP contribution in [0.25, 0.3) is 0 Å². The van der Waals surface area contributed by atoms with Gasteiger partial charge in [0.1, 0.15) is 0 Å². The Morgan fingerprint density at radius 3 is 2.67 bits per heavy atom. The van der Waals surface area contributed by atoms with Gasteiger partial charge in [-0.15, -0.1) is 0 Å². The number of nitrogens with zero attached hydrogens (tertiary/aromatic N) is 1. The monoisotopic (exact) mass is 346 g/mol. The third-order valence-electron chi connectivity index (χ3n) is 3.54. The molecular formula is C18H22N2O3S. The molecule has 1 heterocycles. The Balaban J connectivity index is 1.84. The number of rotatable bonds is 9. The number of hydrogen-bond acceptors (Lipinski definition) is 4. The molecule has 5 nitrogen and oxygen atoms in total. The predicted octanol–water partition coefficient (Wildman–Crippen LogP) is 2.54. The van der Waals surface area contributed by atoms with Gasteiger partial charge in [-0.05, 0) is 17.0 Å². The van der Waals surface area contributed by atoms with Crippen molar-refractivity contribution in [3.05, 3.63) is 58.3 Å². The van der Waals surface area contributed by atoms with Crippen molar-refractivity contribution in [2.45, 2.75) is 13.0 Å². The van der Waals surface area contributed by atoms with Gasteiger partial charge < -0.3 is 15.0 Å². The lowest BCUT2D eigenvalue weighted by Crippen LogP contribution is -2.36. The molecule has 0 aliphatic heterocycles. The van der Waals surface area contributed by atoms with E-state index in [-0.39, 0.29) is 18.2 Å². The molecule has 6 heteroatoms. The van der Waals surface area contributed by atoms with Crippen molar-refractivity contribution in [2.24, 2.45) is 0 Å². The smallest absolute Gasteiger partial charge is 0.252 e. The summed E-state index contributed by atoms with van der Waals surface area (Å²) < 4.78 is 5.09. The summed E-state index contributed by atoms with van der Waals surface area (Å²) in [6.07, 6.45) is 0.270. The zero-order valence-corrected chi connectivity index (χ0v) is 14.6. The van der Waals surface area contributed by atoms with E-state index in [4.69, 9.17) is 4.74 Å². The van der Waals surface area contributed by atoms with Crippen LogP contribution in [-0.2, 0) is 16.1 Å². The maximum atomic E-state index is 12.4. The standard InChI is InChI=1S/C18H22N2O3S/c1-23-11-10-20(13-15-5-3-2-4-6-15)17(21)7-9-19-18(22)16-8-12-24-14-16/h2-6,8,12,14H,7,9-11,13H2,1H3,(H,19,22). The summed E-state index contributed by atoms with van der Waals surface area (Å²) in [6, 6.07) is 11.6. The van der Waals surface area contributed by atoms with Gasteiger partial charge in [0, 0.05) is 44.1 Å². The number of carbonyl (C=O) groups excluding carboxylic acids is 2. The van der Waals surface area contributed by atoms with Crippen molar-refractivity contribution in [1.29, 1.82) is 0 Å². The molecule has 2 amide bonds. The number of amides is 2. The third kappa shape index (κ3) is 5.79. The van der Waals surface area contributed by atoms with Crippen LogP contribution in [0.4, 0.5) is 0 Å². The molecule has 1 N–H and O–H groups in total. The molecular weight excluding hydrogens is 324 g/mol. The number of hydrogen-bond donors (Lipinski definition) is 1. The van der Waals surface area contributed by atoms with Crippen LogP contribution in [0.15, 0.2) is 47.2 Å². The molecule has 0 saturated carbocycles. The summed E-state index contributed by atoms with van der Waals surface area (Å²) in [5.74, 6) is -0.142. The zero-order chi connectivity index (χ0) is 17.2. The van der Waals surface area contributed by atoms with Crippen LogP contribution in [0, 0.1) is 0 Å². The van der Waals surface area contributed by atoms with Crippen LogP contribution >= 0.6 is 11.3 Å². The first-order valence-corrected chi connectivity index (χ1v) is 8.76. The molecule has 2 aromatic rings. The van der Waals surface area contributed by atoms with E-state index in [9.17, 15) is 9.59 Å². The molecule has 0 fully saturated rings. The van der Waals surface area contributed by atoms with Gasteiger partial charge in [0.15, 0.2) is 0 Å². The molecule has 0 saturated heterocycles. The molecule has 0 atom stereocenters. The second kappa shape index (κ2) is 9.85. The molecule has 1 aromatic heterocycles. The number of ether oxygens (including phenoxy) is 1. The quantitative estimate of drug-likeness (QED) is 0.759. The van der Waals surface area contributed by atoms with E-state index < -0.39 is 0 Å². The van der Waals surface area contributed by atoms with Crippen LogP contribution in [0.3, 0.4) is 0 Å². The maximum absolute atomic E-state index is 12.4. The summed E-state index contributed by atoms with van der Waals surface area (Å²) in [5.41, 5.74) is 1.71. The number of nitrogens with one attached hydrogen (secondary N) is 1. The highest BCUT2D eigenvalue weighted by Gasteiger charge is 2.14. The molecule has 128 valence electrons. The molecule has 0 radical (unpaired) electrons. The van der Waals surface area contributed by atoms with Crippen molar-refractivity contribution in [3.63, 3.8) is 0 Å². The Hall–Kier alpha value is -2.18. The summed E-state index contributed by atoms with van der Waals surface area (Å²) in [4.78, 5) is 26.1. The Morgan fingerprint density at radius 2 is 2.00 bits per heavy atom. The normalized spacial score (nSPS) is 10.4. The van der Waals surface area contributed by atoms with Crippen LogP contribution in [0.1, 0.15) is 22.3 Å². The van der Waals surface area contributed by atoms with E-state index in [1.807, 2.05) is 35.7 Å². The minimum absolute atomic E-state index is 0.00141. The van der Waals surface area contributed by atoms with Gasteiger partial charge in [0.25, 0.3) is 5.91 Å². The van der Waals surface area contributed by atoms with Crippen LogP contribution in [-0.4, -0.2) is 43.5 Å². The number of methoxy groups -OCH3 is 1. The summed E-state index contributed by atoms with van der Waals surface area (Å²) >= 11 is 1.47. The molecule has 0 spiro atoms. The van der Waals surface area contributed by atoms with E-state index in [0.717, 1.165) is 5.56 Å². The molecule has 0 aliphatic carbocycles. The first-order valence-electron chi connectivity index (χ1n) is 7.81. The van der Waals surface area contributed by atoms with Crippen LogP contribution in [0.5, 0.6) is 0 Å². The van der Waals surface area contributed by atoms with E-state index in [0.29, 0.717) is 31.8 Å². The third-order valence-corrected chi connectivity index (χ3v) is 4.23. The lowest BCUT2D eigenvalue weighted by molar-refractivity contribution is -0.132. The minimum Gasteiger partial charge on any atom is -0.383 e. The van der Waals surface area contributed by atoms with E-state index >= 15 is 0 Å². The molecule has 0 unspecified atom stereocenters. The SMILES string of the molecule is COCCN(Cc1ccccc1)C(=O)CCNC(=O)c1ccsc1. The Morgan fingerprint density at radius 1 is 1.21 bits per heavy atom. The fraction of sp³-hybridized carbons (Fsp3) is 0.333. The second-order valence-corrected chi connectivity index (χ2v) is 6.09. The van der Waals surface area contributed by atoms with E-state index in [2.05, 4.69) is 5.32 Å². The summed E-state index contributed by atoms with van der Waals surface area (Å²) in [5, 5.41) is 6.42. The van der Waals surface area contributed by atoms with E-state index in [1.54, 1.807) is 23.5 Å². The second-order valence-electron chi connectivity index (χ2n) is 5.31. The summed E-state index contributed by atoms with van der Waals surface area (Å²) in [6.45, 7) is 1.88. The topological polar surface area (TPSA) is 58.6 Å². The number of thiophene rings is 1. The molecule has 2 rings (SSSR count). The van der Waals surface area contributed by atoms with Gasteiger partial charge in [-0.2, -0.15) is 11.3 Å². The van der Waals surface area contributed by atoms with Gasteiger partial charge in [-0.1, -0.05) is 30.3 Å². The number of carbonyl (C=O) groups is 2. The lowest BCUT2D eigenvalue weighted by Gasteiger charge is -2.22. The Bertz CT molecular complexity index is 629. The van der Waals surface area contributed by atoms with Crippen molar-refractivity contribution in [2.75, 3.05) is 26.8 Å². The fourth-order valence-electron chi connectivity index (χ4n) is 2.23. The summed E-state index contributed by atoms with van der Waals surface area (Å²) in [7, 11) is 1.62. The van der Waals surface area contributed by atoms with Gasteiger partial charge in [0.2, 0.25) is 5.91 Å². The van der Waals surface area contributed by atoms with Crippen molar-refractivity contribution < 1.29 is 14.3 Å². The van der Waals surface area contributed by atoms with Crippen LogP contribution in [0.2, 0.25) is 0 Å². The van der Waals surface area contributed by atoms with Gasteiger partial charge in [-0.25, -0.2) is 0 Å². The average molecular weight is 346 g/mol. The highest BCUT2D eigenvalue weighted by atomic mass is 32.1. The minimum atomic E-state index is -0.143. The Labute approximate surface area is 146 Å². The first kappa shape index (κ1) is 18.2. The van der Waals surface area contributed by atoms with Crippen molar-refractivity contribution in [1.82, 2.24) is 10.2 Å². The lowest BCUT2D eigenvalue weighted by atomic mass is 10.2. The van der Waals surface area contributed by atoms with Gasteiger partial charge in [-0.3, -0.25) is 9.59 Å². The molecule has 24 heavy (non-hydrogen) atoms. The van der Waals surface area contributed by atoms with Gasteiger partial charge >= 0.3 is 0 Å². The van der Waals surface area contributed by atoms with Crippen molar-refractivity contribution >= 4 is 23.2 Å². The first-order chi connectivity index (χ1) is 11.7. The van der Waals surface area contributed by atoms with Gasteiger partial charge in [0.05, 0.1) is 6.61 Å².